The number of carbonyl (C=O) groups excluding carboxylic acids is 2. The first-order valence-electron chi connectivity index (χ1n) is 6.26. The van der Waals surface area contributed by atoms with Crippen molar-refractivity contribution in [3.63, 3.8) is 0 Å². The molecule has 2 rings (SSSR count). The minimum atomic E-state index is -0.466. The fourth-order valence-electron chi connectivity index (χ4n) is 2.21. The highest BCUT2D eigenvalue weighted by atomic mass is 16.6. The van der Waals surface area contributed by atoms with Crippen molar-refractivity contribution < 1.29 is 14.5 Å². The predicted octanol–water partition coefficient (Wildman–Crippen LogP) is 0.817. The van der Waals surface area contributed by atoms with Gasteiger partial charge in [0.1, 0.15) is 0 Å². The van der Waals surface area contributed by atoms with E-state index in [4.69, 9.17) is 0 Å². The van der Waals surface area contributed by atoms with E-state index in [1.54, 1.807) is 16.7 Å². The molecule has 0 atom stereocenters. The third kappa shape index (κ3) is 2.76. The zero-order chi connectivity index (χ0) is 14.7. The lowest BCUT2D eigenvalue weighted by atomic mass is 10.1. The number of benzene rings is 1. The van der Waals surface area contributed by atoms with E-state index in [-0.39, 0.29) is 11.6 Å². The molecule has 1 heterocycles. The van der Waals surface area contributed by atoms with Gasteiger partial charge in [0.05, 0.1) is 4.92 Å². The average Bonchev–Trinajstić information content (AvgIpc) is 2.46. The summed E-state index contributed by atoms with van der Waals surface area (Å²) < 4.78 is 0. The van der Waals surface area contributed by atoms with Gasteiger partial charge in [-0.3, -0.25) is 19.7 Å². The summed E-state index contributed by atoms with van der Waals surface area (Å²) in [5, 5.41) is 10.7. The van der Waals surface area contributed by atoms with Gasteiger partial charge in [0, 0.05) is 43.4 Å². The Morgan fingerprint density at radius 2 is 1.95 bits per heavy atom. The van der Waals surface area contributed by atoms with Crippen LogP contribution in [0.4, 0.5) is 5.69 Å². The molecule has 0 N–H and O–H groups in total. The van der Waals surface area contributed by atoms with Crippen LogP contribution < -0.4 is 0 Å². The summed E-state index contributed by atoms with van der Waals surface area (Å²) in [6, 6.07) is 4.36. The Morgan fingerprint density at radius 1 is 1.30 bits per heavy atom. The molecule has 7 nitrogen and oxygen atoms in total. The Bertz CT molecular complexity index is 551. The van der Waals surface area contributed by atoms with Crippen LogP contribution in [-0.2, 0) is 4.79 Å². The van der Waals surface area contributed by atoms with Crippen LogP contribution in [0.1, 0.15) is 15.9 Å². The van der Waals surface area contributed by atoms with Crippen LogP contribution in [0.2, 0.25) is 0 Å². The lowest BCUT2D eigenvalue weighted by Crippen LogP contribution is -2.48. The molecule has 0 unspecified atom stereocenters. The molecular formula is C13H15N3O4. The third-order valence-corrected chi connectivity index (χ3v) is 3.39. The predicted molar refractivity (Wildman–Crippen MR) is 71.4 cm³/mol. The summed E-state index contributed by atoms with van der Waals surface area (Å²) in [6.45, 7) is 3.60. The zero-order valence-electron chi connectivity index (χ0n) is 11.1. The van der Waals surface area contributed by atoms with Crippen molar-refractivity contribution in [2.45, 2.75) is 6.92 Å². The minimum absolute atomic E-state index is 0.00678. The summed E-state index contributed by atoms with van der Waals surface area (Å²) in [5.74, 6) is -0.159. The maximum atomic E-state index is 12.3. The van der Waals surface area contributed by atoms with Gasteiger partial charge in [-0.05, 0) is 19.1 Å². The highest BCUT2D eigenvalue weighted by Gasteiger charge is 2.22. The summed E-state index contributed by atoms with van der Waals surface area (Å²) >= 11 is 0. The van der Waals surface area contributed by atoms with Crippen molar-refractivity contribution in [2.75, 3.05) is 26.2 Å². The van der Waals surface area contributed by atoms with E-state index >= 15 is 0 Å². The first-order chi connectivity index (χ1) is 9.52. The summed E-state index contributed by atoms with van der Waals surface area (Å²) in [6.07, 6.45) is 0.776. The summed E-state index contributed by atoms with van der Waals surface area (Å²) in [5.41, 5.74) is 0.910. The van der Waals surface area contributed by atoms with E-state index in [0.29, 0.717) is 37.3 Å². The van der Waals surface area contributed by atoms with Gasteiger partial charge >= 0.3 is 0 Å². The summed E-state index contributed by atoms with van der Waals surface area (Å²) in [7, 11) is 0. The van der Waals surface area contributed by atoms with Crippen LogP contribution in [0, 0.1) is 17.0 Å². The van der Waals surface area contributed by atoms with E-state index in [9.17, 15) is 19.7 Å². The molecule has 1 fully saturated rings. The van der Waals surface area contributed by atoms with Gasteiger partial charge in [-0.25, -0.2) is 0 Å². The van der Waals surface area contributed by atoms with Crippen LogP contribution in [0.15, 0.2) is 18.2 Å². The third-order valence-electron chi connectivity index (χ3n) is 3.39. The van der Waals surface area contributed by atoms with E-state index in [1.165, 1.54) is 18.2 Å². The molecule has 1 aromatic rings. The lowest BCUT2D eigenvalue weighted by Gasteiger charge is -2.32. The molecule has 0 radical (unpaired) electrons. The molecule has 106 valence electrons. The van der Waals surface area contributed by atoms with E-state index in [1.807, 2.05) is 0 Å². The fraction of sp³-hybridized carbons (Fsp3) is 0.385. The molecule has 0 aliphatic carbocycles. The number of amides is 2. The van der Waals surface area contributed by atoms with Crippen molar-refractivity contribution in [3.05, 3.63) is 39.4 Å². The van der Waals surface area contributed by atoms with Crippen molar-refractivity contribution >= 4 is 18.0 Å². The molecule has 2 amide bonds. The second-order valence-corrected chi connectivity index (χ2v) is 4.69. The molecule has 0 saturated carbocycles. The molecule has 1 aromatic carbocycles. The molecule has 20 heavy (non-hydrogen) atoms. The quantitative estimate of drug-likeness (QED) is 0.465. The molecular weight excluding hydrogens is 262 g/mol. The van der Waals surface area contributed by atoms with Crippen molar-refractivity contribution in [1.82, 2.24) is 9.80 Å². The number of nitro benzene ring substituents is 1. The average molecular weight is 277 g/mol. The Balaban J connectivity index is 2.12. The van der Waals surface area contributed by atoms with Gasteiger partial charge in [0.15, 0.2) is 0 Å². The monoisotopic (exact) mass is 277 g/mol. The number of hydrogen-bond acceptors (Lipinski definition) is 4. The Kier molecular flexibility index (Phi) is 3.97. The highest BCUT2D eigenvalue weighted by Crippen LogP contribution is 2.20. The van der Waals surface area contributed by atoms with E-state index in [0.717, 1.165) is 6.41 Å². The van der Waals surface area contributed by atoms with Gasteiger partial charge in [0.2, 0.25) is 6.41 Å². The van der Waals surface area contributed by atoms with Crippen molar-refractivity contribution in [1.29, 1.82) is 0 Å². The molecule has 0 aromatic heterocycles. The van der Waals surface area contributed by atoms with E-state index < -0.39 is 4.92 Å². The second kappa shape index (κ2) is 5.68. The van der Waals surface area contributed by atoms with Gasteiger partial charge in [-0.15, -0.1) is 0 Å². The Hall–Kier alpha value is -2.44. The van der Waals surface area contributed by atoms with Crippen LogP contribution in [-0.4, -0.2) is 53.2 Å². The molecule has 0 spiro atoms. The Labute approximate surface area is 115 Å². The molecule has 1 aliphatic heterocycles. The van der Waals surface area contributed by atoms with Crippen LogP contribution in [0.5, 0.6) is 0 Å². The van der Waals surface area contributed by atoms with Gasteiger partial charge in [-0.2, -0.15) is 0 Å². The largest absolute Gasteiger partial charge is 0.342 e. The molecule has 7 heteroatoms. The number of nitro groups is 1. The number of rotatable bonds is 3. The van der Waals surface area contributed by atoms with Crippen LogP contribution in [0.25, 0.3) is 0 Å². The number of aryl methyl sites for hydroxylation is 1. The van der Waals surface area contributed by atoms with E-state index in [2.05, 4.69) is 0 Å². The van der Waals surface area contributed by atoms with Crippen molar-refractivity contribution in [3.8, 4) is 0 Å². The standard InChI is InChI=1S/C13H15N3O4/c1-10-8-11(2-3-12(10)16(19)20)13(18)15-6-4-14(9-17)5-7-15/h2-3,8-9H,4-7H2,1H3. The smallest absolute Gasteiger partial charge is 0.272 e. The first-order valence-corrected chi connectivity index (χ1v) is 6.26. The topological polar surface area (TPSA) is 83.8 Å². The second-order valence-electron chi connectivity index (χ2n) is 4.69. The number of hydrogen-bond donors (Lipinski definition) is 0. The highest BCUT2D eigenvalue weighted by molar-refractivity contribution is 5.94. The maximum Gasteiger partial charge on any atom is 0.272 e. The number of nitrogens with zero attached hydrogens (tertiary/aromatic N) is 3. The van der Waals surface area contributed by atoms with Crippen LogP contribution in [0.3, 0.4) is 0 Å². The van der Waals surface area contributed by atoms with Gasteiger partial charge < -0.3 is 9.80 Å². The van der Waals surface area contributed by atoms with Gasteiger partial charge in [0.25, 0.3) is 11.6 Å². The number of carbonyl (C=O) groups is 2. The maximum absolute atomic E-state index is 12.3. The lowest BCUT2D eigenvalue weighted by molar-refractivity contribution is -0.385. The van der Waals surface area contributed by atoms with Crippen LogP contribution >= 0.6 is 0 Å². The SMILES string of the molecule is Cc1cc(C(=O)N2CCN(C=O)CC2)ccc1[N+](=O)[O-]. The molecule has 1 saturated heterocycles. The molecule has 0 bridgehead atoms. The first kappa shape index (κ1) is 14.0. The van der Waals surface area contributed by atoms with Gasteiger partial charge in [-0.1, -0.05) is 0 Å². The minimum Gasteiger partial charge on any atom is -0.342 e. The van der Waals surface area contributed by atoms with Crippen molar-refractivity contribution in [2.24, 2.45) is 0 Å². The fourth-order valence-corrected chi connectivity index (χ4v) is 2.21. The Morgan fingerprint density at radius 3 is 2.45 bits per heavy atom. The normalized spacial score (nSPS) is 15.1. The molecule has 1 aliphatic rings. The summed E-state index contributed by atoms with van der Waals surface area (Å²) in [4.78, 5) is 36.4. The zero-order valence-corrected chi connectivity index (χ0v) is 11.1. The number of piperazine rings is 1.